The summed E-state index contributed by atoms with van der Waals surface area (Å²) < 4.78 is 0. The van der Waals surface area contributed by atoms with Crippen LogP contribution in [0.3, 0.4) is 0 Å². The van der Waals surface area contributed by atoms with E-state index in [2.05, 4.69) is 144 Å². The summed E-state index contributed by atoms with van der Waals surface area (Å²) in [5, 5.41) is 0.570. The van der Waals surface area contributed by atoms with Crippen molar-refractivity contribution >= 4 is 15.8 Å². The second-order valence-electron chi connectivity index (χ2n) is 12.3. The molecule has 4 aliphatic carbocycles. The van der Waals surface area contributed by atoms with Crippen molar-refractivity contribution in [3.63, 3.8) is 0 Å². The standard InChI is InChI=1S/C34H44P2/c1-33(2,3)35(25-29-19-11-12-20-29)31(23-27-15-7-8-16-27)32(24-28-17-9-10-18-28)36(34(4,5)6)26-30-21-13-14-22-30/h7-22,31-32H,23-26H2,1-6H3/t31-,32-,35-,36-/m1/s1. The van der Waals surface area contributed by atoms with E-state index in [9.17, 15) is 0 Å². The maximum absolute atomic E-state index is 2.51. The van der Waals surface area contributed by atoms with Crippen LogP contribution in [0.2, 0.25) is 0 Å². The summed E-state index contributed by atoms with van der Waals surface area (Å²) >= 11 is 0. The molecule has 0 N–H and O–H groups in total. The Morgan fingerprint density at radius 3 is 0.944 bits per heavy atom. The third-order valence-electron chi connectivity index (χ3n) is 7.49. The van der Waals surface area contributed by atoms with Crippen molar-refractivity contribution in [3.8, 4) is 0 Å². The first-order chi connectivity index (χ1) is 17.1. The summed E-state index contributed by atoms with van der Waals surface area (Å²) in [6, 6.07) is 0. The molecule has 0 aromatic heterocycles. The highest BCUT2D eigenvalue weighted by molar-refractivity contribution is 7.64. The lowest BCUT2D eigenvalue weighted by molar-refractivity contribution is 0.654. The minimum Gasteiger partial charge on any atom is -0.0967 e. The van der Waals surface area contributed by atoms with Crippen molar-refractivity contribution in [3.05, 3.63) is 126 Å². The molecule has 0 aromatic rings. The van der Waals surface area contributed by atoms with E-state index in [1.807, 2.05) is 0 Å². The molecule has 20 radical (unpaired) electrons. The molecule has 0 spiro atoms. The van der Waals surface area contributed by atoms with Crippen molar-refractivity contribution < 1.29 is 0 Å². The van der Waals surface area contributed by atoms with Crippen LogP contribution < -0.4 is 0 Å². The Labute approximate surface area is 230 Å². The van der Waals surface area contributed by atoms with Gasteiger partial charge in [-0.1, -0.05) is 57.4 Å². The van der Waals surface area contributed by atoms with Crippen LogP contribution in [0.5, 0.6) is 0 Å². The molecule has 0 saturated heterocycles. The summed E-state index contributed by atoms with van der Waals surface area (Å²) in [6.45, 7) is 15.1. The predicted octanol–water partition coefficient (Wildman–Crippen LogP) is 8.69. The molecule has 4 fully saturated rings. The van der Waals surface area contributed by atoms with Gasteiger partial charge in [0.25, 0.3) is 0 Å². The van der Waals surface area contributed by atoms with E-state index in [4.69, 9.17) is 0 Å². The third kappa shape index (κ3) is 8.43. The molecule has 0 unspecified atom stereocenters. The minimum absolute atomic E-state index is 0.268. The van der Waals surface area contributed by atoms with Crippen LogP contribution in [0.25, 0.3) is 0 Å². The summed E-state index contributed by atoms with van der Waals surface area (Å²) in [6.07, 6.45) is 41.5. The smallest absolute Gasteiger partial charge is 0.0124 e. The van der Waals surface area contributed by atoms with E-state index in [1.165, 1.54) is 48.8 Å². The zero-order valence-corrected chi connectivity index (χ0v) is 24.9. The largest absolute Gasteiger partial charge is 0.0967 e. The van der Waals surface area contributed by atoms with Crippen molar-refractivity contribution in [2.24, 2.45) is 0 Å². The summed E-state index contributed by atoms with van der Waals surface area (Å²) in [5.41, 5.74) is 1.35. The van der Waals surface area contributed by atoms with Crippen LogP contribution in [0.15, 0.2) is 0 Å². The topological polar surface area (TPSA) is 0 Å². The van der Waals surface area contributed by atoms with Crippen LogP contribution in [-0.2, 0) is 0 Å². The van der Waals surface area contributed by atoms with Gasteiger partial charge in [-0.3, -0.25) is 0 Å². The quantitative estimate of drug-likeness (QED) is 0.242. The molecule has 0 aliphatic heterocycles. The average Bonchev–Trinajstić information content (AvgIpc) is 3.61. The number of rotatable bonds is 11. The molecule has 0 amide bonds. The van der Waals surface area contributed by atoms with Gasteiger partial charge < -0.3 is 0 Å². The van der Waals surface area contributed by atoms with Gasteiger partial charge in [-0.2, -0.15) is 0 Å². The van der Waals surface area contributed by atoms with Crippen molar-refractivity contribution in [1.82, 2.24) is 0 Å². The molecule has 2 heteroatoms. The molecule has 36 heavy (non-hydrogen) atoms. The van der Waals surface area contributed by atoms with Gasteiger partial charge in [-0.25, -0.2) is 0 Å². The first-order valence-electron chi connectivity index (χ1n) is 13.5. The lowest BCUT2D eigenvalue weighted by atomic mass is 9.94. The minimum atomic E-state index is -0.268. The van der Waals surface area contributed by atoms with Gasteiger partial charge in [-0.05, 0) is 173 Å². The molecular formula is C34H44P2. The van der Waals surface area contributed by atoms with Crippen LogP contribution in [0.1, 0.15) is 54.4 Å². The summed E-state index contributed by atoms with van der Waals surface area (Å²) in [7, 11) is -0.536. The maximum atomic E-state index is 2.51. The van der Waals surface area contributed by atoms with Crippen molar-refractivity contribution in [2.45, 2.75) is 76.0 Å². The molecule has 0 aromatic carbocycles. The zero-order valence-electron chi connectivity index (χ0n) is 23.1. The first kappa shape index (κ1) is 29.8. The number of hydrogen-bond donors (Lipinski definition) is 0. The third-order valence-corrected chi connectivity index (χ3v) is 15.3. The fourth-order valence-corrected chi connectivity index (χ4v) is 13.1. The Kier molecular flexibility index (Phi) is 11.2. The van der Waals surface area contributed by atoms with E-state index >= 15 is 0 Å². The van der Waals surface area contributed by atoms with Gasteiger partial charge in [0.15, 0.2) is 0 Å². The predicted molar refractivity (Wildman–Crippen MR) is 162 cm³/mol. The molecule has 4 rings (SSSR count). The van der Waals surface area contributed by atoms with Gasteiger partial charge in [0.05, 0.1) is 0 Å². The lowest BCUT2D eigenvalue weighted by Crippen LogP contribution is -2.38. The molecular weight excluding hydrogens is 470 g/mol. The normalized spacial score (nSPS) is 27.2. The van der Waals surface area contributed by atoms with Gasteiger partial charge in [0, 0.05) is 0 Å². The van der Waals surface area contributed by atoms with E-state index in [1.54, 1.807) is 0 Å². The lowest BCUT2D eigenvalue weighted by Gasteiger charge is -2.50. The van der Waals surface area contributed by atoms with Gasteiger partial charge in [0.2, 0.25) is 0 Å². The molecule has 0 nitrogen and oxygen atoms in total. The molecule has 4 saturated carbocycles. The Morgan fingerprint density at radius 1 is 0.444 bits per heavy atom. The second-order valence-corrected chi connectivity index (χ2v) is 18.8. The number of hydrogen-bond acceptors (Lipinski definition) is 0. The Hall–Kier alpha value is 0.860. The van der Waals surface area contributed by atoms with Gasteiger partial charge >= 0.3 is 0 Å². The molecule has 4 atom stereocenters. The summed E-state index contributed by atoms with van der Waals surface area (Å²) in [5.74, 6) is 6.08. The molecule has 0 bridgehead atoms. The fraction of sp³-hybridized carbons (Fsp3) is 0.412. The Morgan fingerprint density at radius 2 is 0.694 bits per heavy atom. The first-order valence-corrected chi connectivity index (χ1v) is 16.7. The van der Waals surface area contributed by atoms with E-state index in [-0.39, 0.29) is 26.2 Å². The molecule has 0 heterocycles. The zero-order chi connectivity index (χ0) is 25.8. The van der Waals surface area contributed by atoms with Gasteiger partial charge in [-0.15, -0.1) is 0 Å². The van der Waals surface area contributed by atoms with E-state index < -0.39 is 0 Å². The Balaban J connectivity index is 1.69. The second kappa shape index (κ2) is 13.5. The average molecular weight is 515 g/mol. The monoisotopic (exact) mass is 514 g/mol. The maximum Gasteiger partial charge on any atom is -0.0124 e. The van der Waals surface area contributed by atoms with Crippen molar-refractivity contribution in [2.75, 3.05) is 12.3 Å². The van der Waals surface area contributed by atoms with Gasteiger partial charge in [0.1, 0.15) is 0 Å². The van der Waals surface area contributed by atoms with Crippen LogP contribution in [0.4, 0.5) is 0 Å². The highest BCUT2D eigenvalue weighted by Gasteiger charge is 2.46. The van der Waals surface area contributed by atoms with Crippen LogP contribution >= 0.6 is 15.8 Å². The summed E-state index contributed by atoms with van der Waals surface area (Å²) in [4.78, 5) is 0. The van der Waals surface area contributed by atoms with E-state index in [0.29, 0.717) is 11.3 Å². The highest BCUT2D eigenvalue weighted by Crippen LogP contribution is 2.68. The molecule has 4 aliphatic rings. The molecule has 190 valence electrons. The fourth-order valence-electron chi connectivity index (χ4n) is 5.63. The van der Waals surface area contributed by atoms with E-state index in [0.717, 1.165) is 0 Å². The van der Waals surface area contributed by atoms with Crippen molar-refractivity contribution in [1.29, 1.82) is 0 Å². The highest BCUT2D eigenvalue weighted by atomic mass is 31.1. The SMILES string of the molecule is CC(C)(C)[P@](C[C]1[CH][CH][CH][CH]1)[C@H](C[C]1[CH][CH][CH][CH]1)[C@@H](C[C]1[CH][CH][CH][CH]1)[P@@](C[C]1[CH][CH][CH][CH]1)C(C)(C)C. The Bertz CT molecular complexity index is 563. The van der Waals surface area contributed by atoms with Crippen LogP contribution in [0, 0.1) is 126 Å². The van der Waals surface area contributed by atoms with Crippen LogP contribution in [-0.4, -0.2) is 34.0 Å².